The lowest BCUT2D eigenvalue weighted by Gasteiger charge is -2.03. The lowest BCUT2D eigenvalue weighted by molar-refractivity contribution is 0.242. The molecule has 0 radical (unpaired) electrons. The average Bonchev–Trinajstić information content (AvgIpc) is 3.03. The molecule has 0 saturated carbocycles. The molecule has 0 aliphatic rings. The van der Waals surface area contributed by atoms with E-state index < -0.39 is 0 Å². The zero-order valence-electron chi connectivity index (χ0n) is 11.4. The van der Waals surface area contributed by atoms with Crippen molar-refractivity contribution in [2.75, 3.05) is 0 Å². The van der Waals surface area contributed by atoms with Crippen molar-refractivity contribution in [1.29, 1.82) is 5.26 Å². The minimum atomic E-state index is -0.330. The molecule has 0 aliphatic carbocycles. The Labute approximate surface area is 125 Å². The van der Waals surface area contributed by atoms with Crippen LogP contribution in [0, 0.1) is 17.1 Å². The van der Waals surface area contributed by atoms with Gasteiger partial charge in [-0.2, -0.15) is 10.2 Å². The summed E-state index contributed by atoms with van der Waals surface area (Å²) in [6.45, 7) is 0.0485. The molecule has 1 aromatic heterocycles. The zero-order valence-corrected chi connectivity index (χ0v) is 11.4. The molecule has 1 heterocycles. The van der Waals surface area contributed by atoms with Crippen LogP contribution in [0.4, 0.5) is 4.39 Å². The number of benzene rings is 2. The third-order valence-corrected chi connectivity index (χ3v) is 2.93. The van der Waals surface area contributed by atoms with Crippen molar-refractivity contribution in [3.63, 3.8) is 0 Å². The van der Waals surface area contributed by atoms with Gasteiger partial charge in [0.1, 0.15) is 17.6 Å². The Hall–Kier alpha value is -3.20. The van der Waals surface area contributed by atoms with E-state index in [1.165, 1.54) is 12.1 Å². The normalized spacial score (nSPS) is 10.2. The fourth-order valence-corrected chi connectivity index (χ4v) is 1.85. The molecule has 3 rings (SSSR count). The van der Waals surface area contributed by atoms with Gasteiger partial charge in [0.15, 0.2) is 6.61 Å². The smallest absolute Gasteiger partial charge is 0.264 e. The van der Waals surface area contributed by atoms with Crippen LogP contribution in [-0.4, -0.2) is 10.1 Å². The minimum Gasteiger partial charge on any atom is -0.482 e. The van der Waals surface area contributed by atoms with Crippen molar-refractivity contribution < 1.29 is 13.7 Å². The van der Waals surface area contributed by atoms with Gasteiger partial charge in [0.2, 0.25) is 5.82 Å². The Morgan fingerprint density at radius 3 is 2.68 bits per heavy atom. The molecule has 0 unspecified atom stereocenters. The number of ether oxygens (including phenoxy) is 1. The standard InChI is InChI=1S/C16H10FN3O2/c17-13-7-5-11(6-8-13)16-19-15(22-20-16)10-21-14-4-2-1-3-12(14)9-18/h1-8H,10H2. The van der Waals surface area contributed by atoms with Crippen LogP contribution >= 0.6 is 0 Å². The van der Waals surface area contributed by atoms with Crippen LogP contribution in [0.5, 0.6) is 5.75 Å². The molecule has 22 heavy (non-hydrogen) atoms. The van der Waals surface area contributed by atoms with Crippen LogP contribution in [0.15, 0.2) is 53.1 Å². The SMILES string of the molecule is N#Cc1ccccc1OCc1nc(-c2ccc(F)cc2)no1. The molecule has 0 amide bonds. The molecule has 3 aromatic rings. The highest BCUT2D eigenvalue weighted by atomic mass is 19.1. The summed E-state index contributed by atoms with van der Waals surface area (Å²) < 4.78 is 23.5. The van der Waals surface area contributed by atoms with Gasteiger partial charge in [-0.25, -0.2) is 4.39 Å². The van der Waals surface area contributed by atoms with Crippen LogP contribution in [-0.2, 0) is 6.61 Å². The van der Waals surface area contributed by atoms with Gasteiger partial charge in [-0.15, -0.1) is 0 Å². The summed E-state index contributed by atoms with van der Waals surface area (Å²) in [6.07, 6.45) is 0. The molecular formula is C16H10FN3O2. The average molecular weight is 295 g/mol. The minimum absolute atomic E-state index is 0.0485. The van der Waals surface area contributed by atoms with Crippen LogP contribution < -0.4 is 4.74 Å². The number of nitrogens with zero attached hydrogens (tertiary/aromatic N) is 3. The van der Waals surface area contributed by atoms with Crippen molar-refractivity contribution in [2.24, 2.45) is 0 Å². The third-order valence-electron chi connectivity index (χ3n) is 2.93. The first-order chi connectivity index (χ1) is 10.8. The molecule has 108 valence electrons. The van der Waals surface area contributed by atoms with Crippen molar-refractivity contribution in [3.05, 3.63) is 65.8 Å². The van der Waals surface area contributed by atoms with E-state index in [-0.39, 0.29) is 18.3 Å². The second kappa shape index (κ2) is 6.06. The second-order valence-corrected chi connectivity index (χ2v) is 4.42. The molecule has 6 heteroatoms. The van der Waals surface area contributed by atoms with Gasteiger partial charge in [0.05, 0.1) is 5.56 Å². The fraction of sp³-hybridized carbons (Fsp3) is 0.0625. The van der Waals surface area contributed by atoms with Crippen molar-refractivity contribution >= 4 is 0 Å². The van der Waals surface area contributed by atoms with E-state index in [0.29, 0.717) is 22.7 Å². The van der Waals surface area contributed by atoms with Gasteiger partial charge in [-0.3, -0.25) is 0 Å². The van der Waals surface area contributed by atoms with Gasteiger partial charge in [0.25, 0.3) is 5.89 Å². The Balaban J connectivity index is 1.72. The summed E-state index contributed by atoms with van der Waals surface area (Å²) in [7, 11) is 0. The molecule has 0 saturated heterocycles. The molecule has 0 fully saturated rings. The maximum absolute atomic E-state index is 12.9. The van der Waals surface area contributed by atoms with Gasteiger partial charge in [-0.1, -0.05) is 17.3 Å². The molecule has 0 aliphatic heterocycles. The van der Waals surface area contributed by atoms with Gasteiger partial charge >= 0.3 is 0 Å². The summed E-state index contributed by atoms with van der Waals surface area (Å²) in [5, 5.41) is 12.8. The van der Waals surface area contributed by atoms with E-state index in [2.05, 4.69) is 10.1 Å². The van der Waals surface area contributed by atoms with Crippen LogP contribution in [0.2, 0.25) is 0 Å². The third kappa shape index (κ3) is 2.94. The van der Waals surface area contributed by atoms with Gasteiger partial charge < -0.3 is 9.26 Å². The predicted octanol–water partition coefficient (Wildman–Crippen LogP) is 3.33. The number of hydrogen-bond acceptors (Lipinski definition) is 5. The van der Waals surface area contributed by atoms with Crippen molar-refractivity contribution in [3.8, 4) is 23.2 Å². The largest absolute Gasteiger partial charge is 0.482 e. The predicted molar refractivity (Wildman–Crippen MR) is 75.2 cm³/mol. The summed E-state index contributed by atoms with van der Waals surface area (Å²) in [6, 6.07) is 14.7. The number of hydrogen-bond donors (Lipinski definition) is 0. The Morgan fingerprint density at radius 2 is 1.91 bits per heavy atom. The van der Waals surface area contributed by atoms with Crippen molar-refractivity contribution in [2.45, 2.75) is 6.61 Å². The summed E-state index contributed by atoms with van der Waals surface area (Å²) in [5.41, 5.74) is 1.08. The summed E-state index contributed by atoms with van der Waals surface area (Å²) in [4.78, 5) is 4.17. The van der Waals surface area contributed by atoms with E-state index in [4.69, 9.17) is 14.5 Å². The fourth-order valence-electron chi connectivity index (χ4n) is 1.85. The topological polar surface area (TPSA) is 71.9 Å². The number of rotatable bonds is 4. The van der Waals surface area contributed by atoms with E-state index >= 15 is 0 Å². The molecule has 0 bridgehead atoms. The first kappa shape index (κ1) is 13.8. The lowest BCUT2D eigenvalue weighted by Crippen LogP contribution is -1.97. The number of para-hydroxylation sites is 1. The van der Waals surface area contributed by atoms with E-state index in [0.717, 1.165) is 0 Å². The number of aromatic nitrogens is 2. The Morgan fingerprint density at radius 1 is 1.14 bits per heavy atom. The van der Waals surface area contributed by atoms with Crippen LogP contribution in [0.25, 0.3) is 11.4 Å². The highest BCUT2D eigenvalue weighted by Gasteiger charge is 2.10. The lowest BCUT2D eigenvalue weighted by atomic mass is 10.2. The monoisotopic (exact) mass is 295 g/mol. The quantitative estimate of drug-likeness (QED) is 0.738. The highest BCUT2D eigenvalue weighted by molar-refractivity contribution is 5.53. The summed E-state index contributed by atoms with van der Waals surface area (Å²) >= 11 is 0. The molecule has 0 N–H and O–H groups in total. The second-order valence-electron chi connectivity index (χ2n) is 4.42. The van der Waals surface area contributed by atoms with Crippen molar-refractivity contribution in [1.82, 2.24) is 10.1 Å². The highest BCUT2D eigenvalue weighted by Crippen LogP contribution is 2.19. The van der Waals surface area contributed by atoms with Gasteiger partial charge in [-0.05, 0) is 36.4 Å². The molecule has 0 spiro atoms. The zero-order chi connectivity index (χ0) is 15.4. The Kier molecular flexibility index (Phi) is 3.79. The van der Waals surface area contributed by atoms with Crippen LogP contribution in [0.3, 0.4) is 0 Å². The molecule has 5 nitrogen and oxygen atoms in total. The first-order valence-corrected chi connectivity index (χ1v) is 6.47. The van der Waals surface area contributed by atoms with Crippen LogP contribution in [0.1, 0.15) is 11.5 Å². The maximum atomic E-state index is 12.9. The van der Waals surface area contributed by atoms with E-state index in [1.807, 2.05) is 6.07 Å². The van der Waals surface area contributed by atoms with E-state index in [9.17, 15) is 4.39 Å². The number of nitriles is 1. The Bertz CT molecular complexity index is 822. The van der Waals surface area contributed by atoms with Gasteiger partial charge in [0, 0.05) is 5.56 Å². The van der Waals surface area contributed by atoms with E-state index in [1.54, 1.807) is 36.4 Å². The maximum Gasteiger partial charge on any atom is 0.264 e. The molecule has 2 aromatic carbocycles. The number of halogens is 1. The molecule has 0 atom stereocenters. The summed E-state index contributed by atoms with van der Waals surface area (Å²) in [5.74, 6) is 0.745. The molecular weight excluding hydrogens is 285 g/mol. The first-order valence-electron chi connectivity index (χ1n) is 6.47.